The maximum absolute atomic E-state index is 5.90. The third kappa shape index (κ3) is 2.79. The molecule has 0 spiro atoms. The molecule has 0 radical (unpaired) electrons. The fraction of sp³-hybridized carbons (Fsp3) is 0.0833. The van der Waals surface area contributed by atoms with E-state index >= 15 is 0 Å². The van der Waals surface area contributed by atoms with Crippen molar-refractivity contribution in [3.05, 3.63) is 43.9 Å². The van der Waals surface area contributed by atoms with Gasteiger partial charge in [0.05, 0.1) is 22.0 Å². The standard InChI is InChI=1S/C12H10Br2ClN3/c1-6-9(16)5-17-12(11(6)14)18-10-3-2-7(15)4-8(10)13/h2-5H,16H2,1H3,(H,17,18). The van der Waals surface area contributed by atoms with Crippen LogP contribution in [0, 0.1) is 6.92 Å². The molecule has 0 amide bonds. The summed E-state index contributed by atoms with van der Waals surface area (Å²) in [5.41, 5.74) is 8.28. The smallest absolute Gasteiger partial charge is 0.145 e. The lowest BCUT2D eigenvalue weighted by molar-refractivity contribution is 1.25. The average molecular weight is 391 g/mol. The van der Waals surface area contributed by atoms with Gasteiger partial charge in [0.1, 0.15) is 5.82 Å². The van der Waals surface area contributed by atoms with Gasteiger partial charge in [0.15, 0.2) is 0 Å². The molecule has 0 aliphatic heterocycles. The van der Waals surface area contributed by atoms with E-state index in [-0.39, 0.29) is 0 Å². The van der Waals surface area contributed by atoms with Crippen LogP contribution in [0.4, 0.5) is 17.2 Å². The molecule has 0 aliphatic rings. The van der Waals surface area contributed by atoms with Crippen LogP contribution >= 0.6 is 43.5 Å². The van der Waals surface area contributed by atoms with Crippen molar-refractivity contribution in [3.8, 4) is 0 Å². The van der Waals surface area contributed by atoms with E-state index in [0.717, 1.165) is 20.2 Å². The highest BCUT2D eigenvalue weighted by atomic mass is 79.9. The number of hydrogen-bond donors (Lipinski definition) is 2. The van der Waals surface area contributed by atoms with E-state index in [1.807, 2.05) is 25.1 Å². The Hall–Kier alpha value is -0.780. The second-order valence-corrected chi connectivity index (χ2v) is 5.83. The van der Waals surface area contributed by atoms with E-state index in [1.54, 1.807) is 6.20 Å². The quantitative estimate of drug-likeness (QED) is 0.766. The van der Waals surface area contributed by atoms with Crippen LogP contribution < -0.4 is 11.1 Å². The van der Waals surface area contributed by atoms with Crippen LogP contribution in [0.2, 0.25) is 5.02 Å². The number of nitrogens with zero attached hydrogens (tertiary/aromatic N) is 1. The van der Waals surface area contributed by atoms with Gasteiger partial charge in [-0.25, -0.2) is 4.98 Å². The average Bonchev–Trinajstić information content (AvgIpc) is 2.33. The van der Waals surface area contributed by atoms with Crippen LogP contribution in [0.15, 0.2) is 33.3 Å². The van der Waals surface area contributed by atoms with Crippen LogP contribution in [-0.4, -0.2) is 4.98 Å². The molecule has 0 bridgehead atoms. The van der Waals surface area contributed by atoms with Gasteiger partial charge in [-0.1, -0.05) is 11.6 Å². The lowest BCUT2D eigenvalue weighted by Crippen LogP contribution is -2.00. The van der Waals surface area contributed by atoms with Crippen LogP contribution in [0.25, 0.3) is 0 Å². The highest BCUT2D eigenvalue weighted by Crippen LogP contribution is 2.33. The van der Waals surface area contributed by atoms with Crippen molar-refractivity contribution in [1.82, 2.24) is 4.98 Å². The van der Waals surface area contributed by atoms with Gasteiger partial charge in [0.25, 0.3) is 0 Å². The summed E-state index contributed by atoms with van der Waals surface area (Å²) < 4.78 is 1.72. The number of halogens is 3. The Labute approximate surface area is 127 Å². The Bertz CT molecular complexity index is 602. The molecule has 2 aromatic rings. The highest BCUT2D eigenvalue weighted by molar-refractivity contribution is 9.11. The number of nitrogens with one attached hydrogen (secondary N) is 1. The first kappa shape index (κ1) is 13.6. The molecule has 3 N–H and O–H groups in total. The fourth-order valence-electron chi connectivity index (χ4n) is 1.40. The zero-order valence-corrected chi connectivity index (χ0v) is 13.4. The molecule has 18 heavy (non-hydrogen) atoms. The first-order chi connectivity index (χ1) is 8.49. The Balaban J connectivity index is 2.37. The van der Waals surface area contributed by atoms with E-state index in [2.05, 4.69) is 42.2 Å². The van der Waals surface area contributed by atoms with Crippen LogP contribution in [0.5, 0.6) is 0 Å². The molecule has 0 fully saturated rings. The molecule has 0 saturated carbocycles. The molecule has 0 saturated heterocycles. The number of pyridine rings is 1. The van der Waals surface area contributed by atoms with Gasteiger partial charge in [0.2, 0.25) is 0 Å². The van der Waals surface area contributed by atoms with Gasteiger partial charge in [-0.05, 0) is 62.5 Å². The third-order valence-electron chi connectivity index (χ3n) is 2.49. The minimum absolute atomic E-state index is 0.655. The van der Waals surface area contributed by atoms with Gasteiger partial charge in [-0.2, -0.15) is 0 Å². The van der Waals surface area contributed by atoms with Crippen molar-refractivity contribution in [3.63, 3.8) is 0 Å². The number of benzene rings is 1. The van der Waals surface area contributed by atoms with E-state index in [1.165, 1.54) is 0 Å². The molecule has 3 nitrogen and oxygen atoms in total. The number of hydrogen-bond acceptors (Lipinski definition) is 3. The SMILES string of the molecule is Cc1c(N)cnc(Nc2ccc(Cl)cc2Br)c1Br. The molecule has 0 unspecified atom stereocenters. The monoisotopic (exact) mass is 389 g/mol. The maximum Gasteiger partial charge on any atom is 0.145 e. The summed E-state index contributed by atoms with van der Waals surface area (Å²) in [5, 5.41) is 3.89. The van der Waals surface area contributed by atoms with Gasteiger partial charge < -0.3 is 11.1 Å². The molecule has 0 atom stereocenters. The van der Waals surface area contributed by atoms with Crippen LogP contribution in [-0.2, 0) is 0 Å². The van der Waals surface area contributed by atoms with Crippen molar-refractivity contribution in [2.75, 3.05) is 11.1 Å². The molecular weight excluding hydrogens is 381 g/mol. The van der Waals surface area contributed by atoms with Gasteiger partial charge in [0, 0.05) is 9.50 Å². The molecular formula is C12H10Br2ClN3. The van der Waals surface area contributed by atoms with E-state index in [4.69, 9.17) is 17.3 Å². The minimum Gasteiger partial charge on any atom is -0.397 e. The zero-order valence-electron chi connectivity index (χ0n) is 9.47. The number of nitrogens with two attached hydrogens (primary N) is 1. The lowest BCUT2D eigenvalue weighted by atomic mass is 10.2. The number of aromatic nitrogens is 1. The summed E-state index contributed by atoms with van der Waals surface area (Å²) >= 11 is 12.8. The van der Waals surface area contributed by atoms with Crippen LogP contribution in [0.1, 0.15) is 5.56 Å². The highest BCUT2D eigenvalue weighted by Gasteiger charge is 2.09. The van der Waals surface area contributed by atoms with Gasteiger partial charge in [-0.15, -0.1) is 0 Å². The predicted octanol–water partition coefficient (Wildman–Crippen LogP) is 4.89. The predicted molar refractivity (Wildman–Crippen MR) is 83.5 cm³/mol. The Morgan fingerprint density at radius 1 is 1.33 bits per heavy atom. The Kier molecular flexibility index (Phi) is 4.14. The normalized spacial score (nSPS) is 10.4. The zero-order chi connectivity index (χ0) is 13.3. The summed E-state index contributed by atoms with van der Waals surface area (Å²) in [6, 6.07) is 5.51. The second-order valence-electron chi connectivity index (χ2n) is 3.75. The van der Waals surface area contributed by atoms with E-state index < -0.39 is 0 Å². The van der Waals surface area contributed by atoms with Crippen LogP contribution in [0.3, 0.4) is 0 Å². The second kappa shape index (κ2) is 5.47. The Morgan fingerprint density at radius 2 is 2.06 bits per heavy atom. The van der Waals surface area contributed by atoms with Gasteiger partial charge in [-0.3, -0.25) is 0 Å². The first-order valence-corrected chi connectivity index (χ1v) is 7.08. The molecule has 1 aromatic heterocycles. The summed E-state index contributed by atoms with van der Waals surface area (Å²) in [6.45, 7) is 1.93. The number of anilines is 3. The van der Waals surface area contributed by atoms with Crippen molar-refractivity contribution in [2.45, 2.75) is 6.92 Å². The third-order valence-corrected chi connectivity index (χ3v) is 4.35. The first-order valence-electron chi connectivity index (χ1n) is 5.11. The maximum atomic E-state index is 5.90. The summed E-state index contributed by atoms with van der Waals surface area (Å²) in [5.74, 6) is 0.713. The topological polar surface area (TPSA) is 50.9 Å². The Morgan fingerprint density at radius 3 is 2.72 bits per heavy atom. The minimum atomic E-state index is 0.655. The lowest BCUT2D eigenvalue weighted by Gasteiger charge is -2.12. The number of rotatable bonds is 2. The van der Waals surface area contributed by atoms with E-state index in [9.17, 15) is 0 Å². The molecule has 0 aliphatic carbocycles. The summed E-state index contributed by atoms with van der Waals surface area (Å²) in [6.07, 6.45) is 1.63. The molecule has 1 heterocycles. The van der Waals surface area contributed by atoms with Crippen molar-refractivity contribution < 1.29 is 0 Å². The molecule has 6 heteroatoms. The van der Waals surface area contributed by atoms with Crippen molar-refractivity contribution in [1.29, 1.82) is 0 Å². The largest absolute Gasteiger partial charge is 0.397 e. The van der Waals surface area contributed by atoms with Crippen molar-refractivity contribution >= 4 is 60.7 Å². The van der Waals surface area contributed by atoms with Gasteiger partial charge >= 0.3 is 0 Å². The summed E-state index contributed by atoms with van der Waals surface area (Å²) in [7, 11) is 0. The van der Waals surface area contributed by atoms with Crippen molar-refractivity contribution in [2.24, 2.45) is 0 Å². The molecule has 2 rings (SSSR count). The van der Waals surface area contributed by atoms with E-state index in [0.29, 0.717) is 16.5 Å². The fourth-order valence-corrected chi connectivity index (χ4v) is 2.61. The summed E-state index contributed by atoms with van der Waals surface area (Å²) in [4.78, 5) is 4.26. The number of nitrogen functional groups attached to an aromatic ring is 1. The molecule has 94 valence electrons. The molecule has 1 aromatic carbocycles.